The molecule has 1 aromatic carbocycles. The number of hydrogen-bond acceptors (Lipinski definition) is 3. The molecule has 0 aliphatic heterocycles. The third kappa shape index (κ3) is 6.18. The van der Waals surface area contributed by atoms with Gasteiger partial charge in [0.15, 0.2) is 0 Å². The number of carbonyl (C=O) groups is 1. The van der Waals surface area contributed by atoms with Gasteiger partial charge in [0, 0.05) is 17.6 Å². The fourth-order valence-corrected chi connectivity index (χ4v) is 1.87. The van der Waals surface area contributed by atoms with Crippen LogP contribution < -0.4 is 5.32 Å². The van der Waals surface area contributed by atoms with Gasteiger partial charge in [0.2, 0.25) is 5.91 Å². The number of rotatable bonds is 8. The molecule has 0 radical (unpaired) electrons. The Morgan fingerprint density at radius 2 is 2.05 bits per heavy atom. The highest BCUT2D eigenvalue weighted by molar-refractivity contribution is 9.10. The minimum atomic E-state index is -0.161. The molecule has 4 nitrogen and oxygen atoms in total. The number of aliphatic hydroxyl groups is 1. The molecule has 1 unspecified atom stereocenters. The van der Waals surface area contributed by atoms with Crippen LogP contribution in [0.1, 0.15) is 24.8 Å². The second kappa shape index (κ2) is 9.07. The van der Waals surface area contributed by atoms with Crippen LogP contribution in [0.3, 0.4) is 0 Å². The number of hydrogen-bond donors (Lipinski definition) is 2. The Balaban J connectivity index is 2.27. The Bertz CT molecular complexity index is 381. The average Bonchev–Trinajstić information content (AvgIpc) is 2.42. The number of carbonyl (C=O) groups excluding carboxylic acids is 1. The minimum Gasteiger partial charge on any atom is -0.394 e. The van der Waals surface area contributed by atoms with E-state index in [-0.39, 0.29) is 18.4 Å². The van der Waals surface area contributed by atoms with Crippen molar-refractivity contribution in [1.29, 1.82) is 0 Å². The van der Waals surface area contributed by atoms with Gasteiger partial charge in [-0.15, -0.1) is 0 Å². The van der Waals surface area contributed by atoms with Gasteiger partial charge in [0.1, 0.15) is 0 Å². The molecular weight excluding hydrogens is 310 g/mol. The highest BCUT2D eigenvalue weighted by Crippen LogP contribution is 2.18. The number of ether oxygens (including phenoxy) is 1. The highest BCUT2D eigenvalue weighted by atomic mass is 79.9. The van der Waals surface area contributed by atoms with Crippen molar-refractivity contribution >= 4 is 21.8 Å². The van der Waals surface area contributed by atoms with E-state index in [0.29, 0.717) is 19.8 Å². The summed E-state index contributed by atoms with van der Waals surface area (Å²) in [5.41, 5.74) is 0.997. The van der Waals surface area contributed by atoms with Gasteiger partial charge in [0.05, 0.1) is 19.1 Å². The van der Waals surface area contributed by atoms with E-state index in [9.17, 15) is 4.79 Å². The zero-order valence-electron chi connectivity index (χ0n) is 11.1. The standard InChI is InChI=1S/C14H20BrNO3/c1-11(12-3-5-13(15)6-4-12)14(18)16-7-2-9-19-10-8-17/h3-6,11,17H,2,7-10H2,1H3,(H,16,18). The number of amides is 1. The molecule has 1 atom stereocenters. The van der Waals surface area contributed by atoms with Gasteiger partial charge in [-0.3, -0.25) is 4.79 Å². The first-order chi connectivity index (χ1) is 9.15. The van der Waals surface area contributed by atoms with Crippen LogP contribution in [0.4, 0.5) is 0 Å². The third-order valence-corrected chi connectivity index (χ3v) is 3.29. The molecule has 0 saturated carbocycles. The molecule has 2 N–H and O–H groups in total. The van der Waals surface area contributed by atoms with Gasteiger partial charge in [-0.25, -0.2) is 0 Å². The SMILES string of the molecule is CC(C(=O)NCCCOCCO)c1ccc(Br)cc1. The van der Waals surface area contributed by atoms with Gasteiger partial charge in [-0.05, 0) is 31.0 Å². The Labute approximate surface area is 122 Å². The average molecular weight is 330 g/mol. The molecule has 0 aliphatic carbocycles. The normalized spacial score (nSPS) is 12.2. The van der Waals surface area contributed by atoms with E-state index in [1.165, 1.54) is 0 Å². The van der Waals surface area contributed by atoms with Crippen molar-refractivity contribution in [1.82, 2.24) is 5.32 Å². The van der Waals surface area contributed by atoms with Crippen LogP contribution in [0.25, 0.3) is 0 Å². The van der Waals surface area contributed by atoms with Crippen LogP contribution in [-0.4, -0.2) is 37.4 Å². The van der Waals surface area contributed by atoms with Crippen LogP contribution in [-0.2, 0) is 9.53 Å². The van der Waals surface area contributed by atoms with Crippen molar-refractivity contribution in [2.24, 2.45) is 0 Å². The molecule has 1 amide bonds. The molecule has 19 heavy (non-hydrogen) atoms. The second-order valence-electron chi connectivity index (χ2n) is 4.25. The Morgan fingerprint density at radius 3 is 2.68 bits per heavy atom. The van der Waals surface area contributed by atoms with Gasteiger partial charge >= 0.3 is 0 Å². The lowest BCUT2D eigenvalue weighted by Crippen LogP contribution is -2.29. The molecule has 5 heteroatoms. The zero-order chi connectivity index (χ0) is 14.1. The lowest BCUT2D eigenvalue weighted by molar-refractivity contribution is -0.122. The first-order valence-electron chi connectivity index (χ1n) is 6.37. The van der Waals surface area contributed by atoms with E-state index in [2.05, 4.69) is 21.2 Å². The zero-order valence-corrected chi connectivity index (χ0v) is 12.6. The molecule has 0 bridgehead atoms. The van der Waals surface area contributed by atoms with E-state index in [4.69, 9.17) is 9.84 Å². The molecule has 0 fully saturated rings. The van der Waals surface area contributed by atoms with E-state index >= 15 is 0 Å². The number of halogens is 1. The van der Waals surface area contributed by atoms with Gasteiger partial charge in [-0.1, -0.05) is 28.1 Å². The Morgan fingerprint density at radius 1 is 1.37 bits per heavy atom. The number of benzene rings is 1. The lowest BCUT2D eigenvalue weighted by Gasteiger charge is -2.12. The summed E-state index contributed by atoms with van der Waals surface area (Å²) in [6.07, 6.45) is 0.749. The third-order valence-electron chi connectivity index (χ3n) is 2.76. The van der Waals surface area contributed by atoms with Crippen molar-refractivity contribution < 1.29 is 14.6 Å². The minimum absolute atomic E-state index is 0.0180. The summed E-state index contributed by atoms with van der Waals surface area (Å²) in [4.78, 5) is 11.9. The van der Waals surface area contributed by atoms with Crippen LogP contribution in [0.2, 0.25) is 0 Å². The maximum absolute atomic E-state index is 11.9. The molecule has 0 heterocycles. The smallest absolute Gasteiger partial charge is 0.227 e. The molecule has 0 aliphatic rings. The fraction of sp³-hybridized carbons (Fsp3) is 0.500. The lowest BCUT2D eigenvalue weighted by atomic mass is 10.0. The highest BCUT2D eigenvalue weighted by Gasteiger charge is 2.14. The fourth-order valence-electron chi connectivity index (χ4n) is 1.61. The van der Waals surface area contributed by atoms with Crippen LogP contribution in [0.5, 0.6) is 0 Å². The van der Waals surface area contributed by atoms with Crippen molar-refractivity contribution in [3.8, 4) is 0 Å². The van der Waals surface area contributed by atoms with Crippen molar-refractivity contribution in [3.05, 3.63) is 34.3 Å². The summed E-state index contributed by atoms with van der Waals surface area (Å²) in [7, 11) is 0. The largest absolute Gasteiger partial charge is 0.394 e. The van der Waals surface area contributed by atoms with Crippen molar-refractivity contribution in [2.75, 3.05) is 26.4 Å². The predicted molar refractivity (Wildman–Crippen MR) is 78.1 cm³/mol. The summed E-state index contributed by atoms with van der Waals surface area (Å²) in [5, 5.41) is 11.4. The second-order valence-corrected chi connectivity index (χ2v) is 5.17. The first-order valence-corrected chi connectivity index (χ1v) is 7.16. The van der Waals surface area contributed by atoms with E-state index < -0.39 is 0 Å². The molecule has 1 aromatic rings. The van der Waals surface area contributed by atoms with E-state index in [0.717, 1.165) is 16.5 Å². The maximum Gasteiger partial charge on any atom is 0.227 e. The molecule has 106 valence electrons. The maximum atomic E-state index is 11.9. The van der Waals surface area contributed by atoms with Crippen LogP contribution in [0.15, 0.2) is 28.7 Å². The molecule has 0 aromatic heterocycles. The number of aliphatic hydroxyl groups excluding tert-OH is 1. The number of nitrogens with one attached hydrogen (secondary N) is 1. The summed E-state index contributed by atoms with van der Waals surface area (Å²) in [6, 6.07) is 7.75. The Hall–Kier alpha value is -0.910. The van der Waals surface area contributed by atoms with Crippen LogP contribution in [0, 0.1) is 0 Å². The molecule has 0 spiro atoms. The van der Waals surface area contributed by atoms with Gasteiger partial charge < -0.3 is 15.2 Å². The van der Waals surface area contributed by atoms with E-state index in [1.807, 2.05) is 31.2 Å². The molecule has 1 rings (SSSR count). The summed E-state index contributed by atoms with van der Waals surface area (Å²) >= 11 is 3.37. The molecule has 0 saturated heterocycles. The van der Waals surface area contributed by atoms with Gasteiger partial charge in [0.25, 0.3) is 0 Å². The van der Waals surface area contributed by atoms with Crippen molar-refractivity contribution in [3.63, 3.8) is 0 Å². The van der Waals surface area contributed by atoms with Gasteiger partial charge in [-0.2, -0.15) is 0 Å². The summed E-state index contributed by atoms with van der Waals surface area (Å²) in [5.74, 6) is -0.143. The first kappa shape index (κ1) is 16.1. The molecular formula is C14H20BrNO3. The van der Waals surface area contributed by atoms with Crippen LogP contribution >= 0.6 is 15.9 Å². The predicted octanol–water partition coefficient (Wildman–Crippen LogP) is 2.07. The monoisotopic (exact) mass is 329 g/mol. The Kier molecular flexibility index (Phi) is 7.70. The quantitative estimate of drug-likeness (QED) is 0.718. The van der Waals surface area contributed by atoms with E-state index in [1.54, 1.807) is 0 Å². The summed E-state index contributed by atoms with van der Waals surface area (Å²) in [6.45, 7) is 3.41. The summed E-state index contributed by atoms with van der Waals surface area (Å²) < 4.78 is 6.12. The van der Waals surface area contributed by atoms with Crippen molar-refractivity contribution in [2.45, 2.75) is 19.3 Å². The topological polar surface area (TPSA) is 58.6 Å².